The molecule has 0 aliphatic carbocycles. The maximum absolute atomic E-state index is 11.9. The zero-order valence-corrected chi connectivity index (χ0v) is 35.2. The van der Waals surface area contributed by atoms with Gasteiger partial charge in [-0.25, -0.2) is 9.78 Å². The summed E-state index contributed by atoms with van der Waals surface area (Å²) in [5, 5.41) is 33.1. The number of carbonyl (C=O) groups excluding carboxylic acids is 1. The number of ether oxygens (including phenoxy) is 2. The highest BCUT2D eigenvalue weighted by atomic mass is 17.2. The van der Waals surface area contributed by atoms with Crippen LogP contribution in [0.4, 0.5) is 16.3 Å². The predicted molar refractivity (Wildman–Crippen MR) is 265 cm³/mol. The van der Waals surface area contributed by atoms with Crippen molar-refractivity contribution in [2.45, 2.75) is 33.7 Å². The molecule has 6 N–H and O–H groups in total. The smallest absolute Gasteiger partial charge is 0.319 e. The molecule has 0 aliphatic heterocycles. The fraction of sp³-hybridized carbons (Fsp3) is 0.188. The Labute approximate surface area is 389 Å². The van der Waals surface area contributed by atoms with Crippen molar-refractivity contribution in [2.75, 3.05) is 37.5 Å². The Balaban J connectivity index is -0.0000000957. The van der Waals surface area contributed by atoms with Gasteiger partial charge in [0.25, 0.3) is 0 Å². The maximum atomic E-state index is 11.9. The van der Waals surface area contributed by atoms with Crippen molar-refractivity contribution in [3.63, 3.8) is 0 Å². The Hall–Kier alpha value is -9.93. The number of nitrogens with two attached hydrogens (primary N) is 1. The SMILES string of the molecule is CC#CC#CC#CC#CC#CC#CC#CC#CC#CC#CC#CC.CCNC(=O)Nc1ccc(-c2cncc(N[C@@H](COCC)c3ccccc3)n2)cc1OC.NN=NN=[N+]([O-])OO.[HH].[HH].[HH].[HH].[HH].[HH].[HH].[HH].[HH].[HH].[HH]. The zero-order valence-electron chi connectivity index (χ0n) is 35.2. The molecule has 0 saturated heterocycles. The molecule has 16 nitrogen and oxygen atoms in total. The van der Waals surface area contributed by atoms with Gasteiger partial charge in [0.2, 0.25) is 10.4 Å². The quantitative estimate of drug-likeness (QED) is 0.0391. The lowest BCUT2D eigenvalue weighted by molar-refractivity contribution is -0.873. The van der Waals surface area contributed by atoms with Crippen LogP contribution in [0.1, 0.15) is 55.0 Å². The van der Waals surface area contributed by atoms with Crippen LogP contribution in [-0.2, 0) is 9.73 Å². The molecule has 64 heavy (non-hydrogen) atoms. The molecule has 3 rings (SSSR count). The van der Waals surface area contributed by atoms with Crippen LogP contribution in [0.3, 0.4) is 0 Å². The minimum Gasteiger partial charge on any atom is -0.495 e. The van der Waals surface area contributed by atoms with Crippen LogP contribution in [0.25, 0.3) is 11.3 Å². The molecule has 1 heterocycles. The van der Waals surface area contributed by atoms with Gasteiger partial charge < -0.3 is 35.6 Å². The maximum Gasteiger partial charge on any atom is 0.319 e. The van der Waals surface area contributed by atoms with Crippen molar-refractivity contribution in [2.24, 2.45) is 21.5 Å². The second-order valence-corrected chi connectivity index (χ2v) is 10.6. The summed E-state index contributed by atoms with van der Waals surface area (Å²) in [5.74, 6) is 61.2. The molecule has 1 atom stereocenters. The number of rotatable bonds is 12. The summed E-state index contributed by atoms with van der Waals surface area (Å²) in [6.45, 7) is 8.91. The fourth-order valence-corrected chi connectivity index (χ4v) is 3.94. The highest BCUT2D eigenvalue weighted by Crippen LogP contribution is 2.30. The van der Waals surface area contributed by atoms with E-state index in [0.29, 0.717) is 42.7 Å². The number of hydrogen-bond donors (Lipinski definition) is 5. The van der Waals surface area contributed by atoms with Gasteiger partial charge in [-0.1, -0.05) is 48.2 Å². The van der Waals surface area contributed by atoms with Crippen molar-refractivity contribution in [1.29, 1.82) is 0 Å². The van der Waals surface area contributed by atoms with Crippen LogP contribution in [0.5, 0.6) is 5.75 Å². The standard InChI is InChI=1S/C24H29N5O3.C24H6.H3N5O3.11H2/c1-4-26-24(30)29-19-12-11-18(13-22(19)31-3)20-14-25-15-23(27-20)28-21(16-32-5-2)17-9-7-6-8-10-17;1-3-5-7-9-11-13-15-17-19-21-23-24-22-20-18-16-14-12-10-8-6-4-2;1-2-3-4-5(6)8-7;;;;;;;;;;;/h6-15,21H,4-5,16H2,1-3H3,(H,27,28)(H2,26,29,30);1-2H3;7H,(H2,1,3);11*1H/t21-;;;;;;;;;;;;;/m0............./s1. The lowest BCUT2D eigenvalue weighted by atomic mass is 10.1. The number of anilines is 2. The molecule has 0 radical (unpaired) electrons. The third-order valence-corrected chi connectivity index (χ3v) is 6.40. The predicted octanol–water partition coefficient (Wildman–Crippen LogP) is 7.85. The van der Waals surface area contributed by atoms with Crippen LogP contribution >= 0.6 is 0 Å². The monoisotopic (exact) mass is 872 g/mol. The highest BCUT2D eigenvalue weighted by Gasteiger charge is 2.14. The van der Waals surface area contributed by atoms with Crippen LogP contribution in [-0.4, -0.2) is 53.1 Å². The molecule has 0 saturated carbocycles. The van der Waals surface area contributed by atoms with E-state index in [0.717, 1.165) is 11.1 Å². The number of urea groups is 1. The average Bonchev–Trinajstić information content (AvgIpc) is 3.32. The molecule has 16 heteroatoms. The number of amides is 2. The molecular formula is C48H60N10O6. The minimum atomic E-state index is -0.573. The van der Waals surface area contributed by atoms with Gasteiger partial charge in [0.1, 0.15) is 11.6 Å². The number of nitrogens with one attached hydrogen (secondary N) is 3. The van der Waals surface area contributed by atoms with Crippen molar-refractivity contribution in [3.8, 4) is 147 Å². The topological polar surface area (TPSA) is 216 Å². The molecule has 1 aromatic heterocycles. The fourth-order valence-electron chi connectivity index (χ4n) is 3.94. The first-order valence-electron chi connectivity index (χ1n) is 18.2. The first-order valence-corrected chi connectivity index (χ1v) is 18.2. The first-order chi connectivity index (χ1) is 31.4. The van der Waals surface area contributed by atoms with E-state index in [1.165, 1.54) is 0 Å². The van der Waals surface area contributed by atoms with Gasteiger partial charge in [-0.3, -0.25) is 16.1 Å². The van der Waals surface area contributed by atoms with E-state index in [9.17, 15) is 10.0 Å². The van der Waals surface area contributed by atoms with Gasteiger partial charge in [0.15, 0.2) is 0 Å². The van der Waals surface area contributed by atoms with Gasteiger partial charge in [-0.05, 0) is 140 Å². The van der Waals surface area contributed by atoms with E-state index < -0.39 is 5.02 Å². The van der Waals surface area contributed by atoms with Crippen molar-refractivity contribution in [1.82, 2.24) is 15.3 Å². The van der Waals surface area contributed by atoms with Gasteiger partial charge in [-0.2, -0.15) is 0 Å². The number of carbonyl (C=O) groups is 1. The Kier molecular flexibility index (Phi) is 29.4. The van der Waals surface area contributed by atoms with E-state index in [2.05, 4.69) is 190 Å². The molecule has 0 unspecified atom stereocenters. The number of benzene rings is 2. The molecule has 2 amide bonds. The van der Waals surface area contributed by atoms with Crippen LogP contribution < -0.4 is 26.5 Å². The Morgan fingerprint density at radius 3 is 1.81 bits per heavy atom. The van der Waals surface area contributed by atoms with E-state index in [1.54, 1.807) is 39.4 Å². The number of aromatic nitrogens is 2. The second kappa shape index (κ2) is 36.2. The van der Waals surface area contributed by atoms with Crippen LogP contribution in [0, 0.1) is 135 Å². The van der Waals surface area contributed by atoms with Gasteiger partial charge in [-0.15, -0.1) is 0 Å². The summed E-state index contributed by atoms with van der Waals surface area (Å²) in [5.41, 5.74) is 3.18. The van der Waals surface area contributed by atoms with Gasteiger partial charge in [0, 0.05) is 58.1 Å². The third-order valence-electron chi connectivity index (χ3n) is 6.40. The summed E-state index contributed by atoms with van der Waals surface area (Å²) in [7, 11) is 1.56. The molecule has 0 fully saturated rings. The summed E-state index contributed by atoms with van der Waals surface area (Å²) in [4.78, 5) is 23.9. The van der Waals surface area contributed by atoms with Crippen molar-refractivity contribution >= 4 is 17.5 Å². The number of hydrogen-bond acceptors (Lipinski definition) is 10. The largest absolute Gasteiger partial charge is 0.495 e. The summed E-state index contributed by atoms with van der Waals surface area (Å²) >= 11 is 0. The second-order valence-electron chi connectivity index (χ2n) is 10.6. The molecule has 338 valence electrons. The number of nitrogens with zero attached hydrogens (tertiary/aromatic N) is 6. The molecule has 2 aromatic carbocycles. The van der Waals surface area contributed by atoms with E-state index >= 15 is 0 Å². The van der Waals surface area contributed by atoms with Crippen LogP contribution in [0.2, 0.25) is 0 Å². The van der Waals surface area contributed by atoms with E-state index in [1.807, 2.05) is 44.2 Å². The van der Waals surface area contributed by atoms with Gasteiger partial charge >= 0.3 is 6.03 Å². The van der Waals surface area contributed by atoms with Crippen LogP contribution in [0.15, 0.2) is 76.6 Å². The Bertz CT molecular complexity index is 2750. The van der Waals surface area contributed by atoms with E-state index in [4.69, 9.17) is 19.7 Å². The zero-order chi connectivity index (χ0) is 46.7. The minimum absolute atomic E-state index is 0. The summed E-state index contributed by atoms with van der Waals surface area (Å²) < 4.78 is 11.1. The molecular weight excluding hydrogens is 813 g/mol. The molecule has 3 aromatic rings. The molecule has 0 aliphatic rings. The number of methoxy groups -OCH3 is 1. The first kappa shape index (κ1) is 52.1. The average molecular weight is 873 g/mol. The Morgan fingerprint density at radius 2 is 1.36 bits per heavy atom. The lowest BCUT2D eigenvalue weighted by Gasteiger charge is -2.20. The van der Waals surface area contributed by atoms with E-state index in [-0.39, 0.29) is 27.8 Å². The van der Waals surface area contributed by atoms with Crippen molar-refractivity contribution < 1.29 is 45.2 Å². The third kappa shape index (κ3) is 25.4. The lowest BCUT2D eigenvalue weighted by Crippen LogP contribution is -2.28. The normalized spacial score (nSPS) is 8.75. The van der Waals surface area contributed by atoms with Gasteiger partial charge in [0.05, 0.1) is 53.8 Å². The van der Waals surface area contributed by atoms with Crippen molar-refractivity contribution in [3.05, 3.63) is 71.7 Å². The highest BCUT2D eigenvalue weighted by molar-refractivity contribution is 5.91. The summed E-state index contributed by atoms with van der Waals surface area (Å²) in [6.07, 6.45) is 3.38. The Morgan fingerprint density at radius 1 is 0.828 bits per heavy atom. The summed E-state index contributed by atoms with van der Waals surface area (Å²) in [6, 6.07) is 15.2. The molecule has 0 bridgehead atoms. The molecule has 0 spiro atoms.